The average molecular weight is 272 g/mol. The van der Waals surface area contributed by atoms with Gasteiger partial charge in [-0.3, -0.25) is 9.59 Å². The van der Waals surface area contributed by atoms with Gasteiger partial charge in [-0.2, -0.15) is 0 Å². The predicted molar refractivity (Wildman–Crippen MR) is 76.4 cm³/mol. The number of ketones is 1. The number of ether oxygens (including phenoxy) is 1. The highest BCUT2D eigenvalue weighted by Gasteiger charge is 2.12. The SMILES string of the molecule is CCOc1ccccc1NC(=O)c1cc(C(C)=O)c[nH]1. The number of anilines is 1. The van der Waals surface area contributed by atoms with Crippen LogP contribution in [-0.2, 0) is 0 Å². The van der Waals surface area contributed by atoms with E-state index < -0.39 is 0 Å². The van der Waals surface area contributed by atoms with Gasteiger partial charge in [0.2, 0.25) is 0 Å². The fourth-order valence-corrected chi connectivity index (χ4v) is 1.77. The summed E-state index contributed by atoms with van der Waals surface area (Å²) in [5, 5.41) is 2.76. The van der Waals surface area contributed by atoms with Gasteiger partial charge >= 0.3 is 0 Å². The summed E-state index contributed by atoms with van der Waals surface area (Å²) in [6, 6.07) is 8.73. The van der Waals surface area contributed by atoms with Crippen molar-refractivity contribution in [2.24, 2.45) is 0 Å². The maximum Gasteiger partial charge on any atom is 0.272 e. The molecule has 0 aliphatic heterocycles. The zero-order chi connectivity index (χ0) is 14.5. The van der Waals surface area contributed by atoms with Crippen LogP contribution in [0.1, 0.15) is 34.7 Å². The van der Waals surface area contributed by atoms with Crippen LogP contribution in [0, 0.1) is 0 Å². The van der Waals surface area contributed by atoms with Gasteiger partial charge in [-0.05, 0) is 32.0 Å². The standard InChI is InChI=1S/C15H16N2O3/c1-3-20-14-7-5-4-6-12(14)17-15(19)13-8-11(9-16-13)10(2)18/h4-9,16H,3H2,1-2H3,(H,17,19). The quantitative estimate of drug-likeness (QED) is 0.822. The Morgan fingerprint density at radius 3 is 2.70 bits per heavy atom. The molecule has 0 unspecified atom stereocenters. The van der Waals surface area contributed by atoms with Crippen molar-refractivity contribution in [2.45, 2.75) is 13.8 Å². The fourth-order valence-electron chi connectivity index (χ4n) is 1.77. The number of para-hydroxylation sites is 2. The van der Waals surface area contributed by atoms with Crippen LogP contribution in [0.5, 0.6) is 5.75 Å². The van der Waals surface area contributed by atoms with Gasteiger partial charge in [-0.1, -0.05) is 12.1 Å². The van der Waals surface area contributed by atoms with E-state index in [1.165, 1.54) is 19.2 Å². The first-order valence-electron chi connectivity index (χ1n) is 6.34. The van der Waals surface area contributed by atoms with Crippen LogP contribution < -0.4 is 10.1 Å². The number of rotatable bonds is 5. The van der Waals surface area contributed by atoms with E-state index in [1.54, 1.807) is 12.1 Å². The van der Waals surface area contributed by atoms with E-state index in [9.17, 15) is 9.59 Å². The smallest absolute Gasteiger partial charge is 0.272 e. The number of nitrogens with one attached hydrogen (secondary N) is 2. The minimum Gasteiger partial charge on any atom is -0.492 e. The summed E-state index contributed by atoms with van der Waals surface area (Å²) in [7, 11) is 0. The lowest BCUT2D eigenvalue weighted by Gasteiger charge is -2.10. The van der Waals surface area contributed by atoms with Crippen LogP contribution in [0.2, 0.25) is 0 Å². The predicted octanol–water partition coefficient (Wildman–Crippen LogP) is 2.87. The van der Waals surface area contributed by atoms with E-state index in [2.05, 4.69) is 10.3 Å². The zero-order valence-electron chi connectivity index (χ0n) is 11.4. The number of hydrogen-bond donors (Lipinski definition) is 2. The summed E-state index contributed by atoms with van der Waals surface area (Å²) in [5.41, 5.74) is 1.41. The highest BCUT2D eigenvalue weighted by molar-refractivity contribution is 6.05. The Labute approximate surface area is 117 Å². The van der Waals surface area contributed by atoms with Gasteiger partial charge in [-0.25, -0.2) is 0 Å². The molecule has 1 amide bonds. The van der Waals surface area contributed by atoms with Crippen LogP contribution in [-0.4, -0.2) is 23.3 Å². The lowest BCUT2D eigenvalue weighted by Crippen LogP contribution is -2.13. The van der Waals surface area contributed by atoms with E-state index in [4.69, 9.17) is 4.74 Å². The molecule has 1 aromatic carbocycles. The van der Waals surface area contributed by atoms with Crippen molar-refractivity contribution < 1.29 is 14.3 Å². The fraction of sp³-hybridized carbons (Fsp3) is 0.200. The average Bonchev–Trinajstić information content (AvgIpc) is 2.91. The van der Waals surface area contributed by atoms with E-state index in [1.807, 2.05) is 19.1 Å². The van der Waals surface area contributed by atoms with Crippen molar-refractivity contribution in [3.05, 3.63) is 47.8 Å². The molecule has 0 aliphatic rings. The monoisotopic (exact) mass is 272 g/mol. The second kappa shape index (κ2) is 6.06. The lowest BCUT2D eigenvalue weighted by molar-refractivity contribution is 0.101. The molecule has 0 aliphatic carbocycles. The molecule has 2 rings (SSSR count). The van der Waals surface area contributed by atoms with E-state index in [0.717, 1.165) is 0 Å². The first-order chi connectivity index (χ1) is 9.61. The number of carbonyl (C=O) groups is 2. The zero-order valence-corrected chi connectivity index (χ0v) is 11.4. The minimum absolute atomic E-state index is 0.0879. The van der Waals surface area contributed by atoms with Crippen molar-refractivity contribution >= 4 is 17.4 Å². The summed E-state index contributed by atoms with van der Waals surface area (Å²) in [6.07, 6.45) is 1.52. The number of H-pyrrole nitrogens is 1. The van der Waals surface area contributed by atoms with Crippen LogP contribution in [0.3, 0.4) is 0 Å². The van der Waals surface area contributed by atoms with Gasteiger partial charge in [0.05, 0.1) is 12.3 Å². The summed E-state index contributed by atoms with van der Waals surface area (Å²) in [6.45, 7) is 3.85. The maximum atomic E-state index is 12.1. The molecule has 0 atom stereocenters. The molecule has 2 aromatic rings. The van der Waals surface area contributed by atoms with E-state index >= 15 is 0 Å². The molecule has 5 nitrogen and oxygen atoms in total. The summed E-state index contributed by atoms with van der Waals surface area (Å²) < 4.78 is 5.44. The molecule has 0 saturated heterocycles. The minimum atomic E-state index is -0.315. The molecular weight excluding hydrogens is 256 g/mol. The maximum absolute atomic E-state index is 12.1. The van der Waals surface area contributed by atoms with E-state index in [0.29, 0.717) is 29.3 Å². The molecule has 20 heavy (non-hydrogen) atoms. The highest BCUT2D eigenvalue weighted by Crippen LogP contribution is 2.24. The molecule has 1 heterocycles. The van der Waals surface area contributed by atoms with Crippen LogP contribution in [0.15, 0.2) is 36.5 Å². The topological polar surface area (TPSA) is 71.2 Å². The van der Waals surface area contributed by atoms with Crippen molar-refractivity contribution in [3.8, 4) is 5.75 Å². The lowest BCUT2D eigenvalue weighted by atomic mass is 10.2. The molecule has 0 radical (unpaired) electrons. The molecule has 2 N–H and O–H groups in total. The van der Waals surface area contributed by atoms with Gasteiger partial charge in [0.15, 0.2) is 5.78 Å². The van der Waals surface area contributed by atoms with Gasteiger partial charge in [0.25, 0.3) is 5.91 Å². The summed E-state index contributed by atoms with van der Waals surface area (Å²) >= 11 is 0. The third kappa shape index (κ3) is 3.06. The molecule has 0 bridgehead atoms. The van der Waals surface area contributed by atoms with Gasteiger partial charge in [0.1, 0.15) is 11.4 Å². The van der Waals surface area contributed by atoms with Gasteiger partial charge in [-0.15, -0.1) is 0 Å². The number of aromatic amines is 1. The Morgan fingerprint density at radius 2 is 2.05 bits per heavy atom. The van der Waals surface area contributed by atoms with Gasteiger partial charge < -0.3 is 15.0 Å². The number of carbonyl (C=O) groups excluding carboxylic acids is 2. The van der Waals surface area contributed by atoms with Crippen molar-refractivity contribution in [1.82, 2.24) is 4.98 Å². The highest BCUT2D eigenvalue weighted by atomic mass is 16.5. The molecule has 0 saturated carbocycles. The molecule has 1 aromatic heterocycles. The molecule has 0 spiro atoms. The Balaban J connectivity index is 2.16. The van der Waals surface area contributed by atoms with Crippen molar-refractivity contribution in [2.75, 3.05) is 11.9 Å². The number of hydrogen-bond acceptors (Lipinski definition) is 3. The largest absolute Gasteiger partial charge is 0.492 e. The normalized spacial score (nSPS) is 10.1. The molecule has 0 fully saturated rings. The summed E-state index contributed by atoms with van der Waals surface area (Å²) in [5.74, 6) is 0.210. The third-order valence-electron chi connectivity index (χ3n) is 2.77. The Kier molecular flexibility index (Phi) is 4.20. The second-order valence-electron chi connectivity index (χ2n) is 4.24. The van der Waals surface area contributed by atoms with Crippen molar-refractivity contribution in [3.63, 3.8) is 0 Å². The number of aromatic nitrogens is 1. The molecular formula is C15H16N2O3. The summed E-state index contributed by atoms with van der Waals surface area (Å²) in [4.78, 5) is 26.1. The Morgan fingerprint density at radius 1 is 1.30 bits per heavy atom. The first kappa shape index (κ1) is 13.9. The van der Waals surface area contributed by atoms with Crippen molar-refractivity contribution in [1.29, 1.82) is 0 Å². The second-order valence-corrected chi connectivity index (χ2v) is 4.24. The molecule has 5 heteroatoms. The Hall–Kier alpha value is -2.56. The first-order valence-corrected chi connectivity index (χ1v) is 6.34. The van der Waals surface area contributed by atoms with Crippen LogP contribution in [0.4, 0.5) is 5.69 Å². The Bertz CT molecular complexity index is 632. The molecule has 104 valence electrons. The van der Waals surface area contributed by atoms with Gasteiger partial charge in [0, 0.05) is 11.8 Å². The number of amides is 1. The third-order valence-corrected chi connectivity index (χ3v) is 2.77. The van der Waals surface area contributed by atoms with E-state index in [-0.39, 0.29) is 11.7 Å². The van der Waals surface area contributed by atoms with Crippen LogP contribution >= 0.6 is 0 Å². The van der Waals surface area contributed by atoms with Crippen LogP contribution in [0.25, 0.3) is 0 Å². The number of benzene rings is 1. The number of Topliss-reactive ketones (excluding diaryl/α,β-unsaturated/α-hetero) is 1.